The summed E-state index contributed by atoms with van der Waals surface area (Å²) in [7, 11) is 0. The zero-order valence-corrected chi connectivity index (χ0v) is 29.5. The number of nitrogens with zero attached hydrogens (tertiary/aromatic N) is 2. The van der Waals surface area contributed by atoms with E-state index in [0.29, 0.717) is 0 Å². The molecule has 48 heavy (non-hydrogen) atoms. The van der Waals surface area contributed by atoms with Gasteiger partial charge in [-0.1, -0.05) is 110 Å². The number of aromatic nitrogens is 2. The summed E-state index contributed by atoms with van der Waals surface area (Å²) < 4.78 is 4.97. The fourth-order valence-corrected chi connectivity index (χ4v) is 8.81. The molecule has 0 spiro atoms. The van der Waals surface area contributed by atoms with Gasteiger partial charge in [0.15, 0.2) is 12.4 Å². The van der Waals surface area contributed by atoms with E-state index >= 15 is 0 Å². The van der Waals surface area contributed by atoms with Gasteiger partial charge in [-0.25, -0.2) is 0 Å². The minimum absolute atomic E-state index is 0.0504. The molecule has 0 amide bonds. The predicted molar refractivity (Wildman–Crippen MR) is 199 cm³/mol. The van der Waals surface area contributed by atoms with Gasteiger partial charge in [-0.15, -0.1) is 0 Å². The van der Waals surface area contributed by atoms with Crippen LogP contribution in [0.2, 0.25) is 0 Å². The van der Waals surface area contributed by atoms with Gasteiger partial charge >= 0.3 is 0 Å². The van der Waals surface area contributed by atoms with Gasteiger partial charge < -0.3 is 0 Å². The van der Waals surface area contributed by atoms with E-state index in [9.17, 15) is 0 Å². The monoisotopic (exact) mass is 624 g/mol. The molecule has 9 rings (SSSR count). The molecule has 6 aromatic rings. The molecule has 0 unspecified atom stereocenters. The molecule has 236 valence electrons. The summed E-state index contributed by atoms with van der Waals surface area (Å²) in [5, 5.41) is 2.67. The fourth-order valence-electron chi connectivity index (χ4n) is 8.81. The SMILES string of the molecule is CC(C)(C)c1ccc2c(c1)-c1cc(C(C)(C)C)cc[n+]1/C(=C1\c3ccc4c(c3-c3cccc[n+]31)C(C)(C)c1c-4ccc3ccccc13)C2. The molecule has 0 radical (unpaired) electrons. The highest BCUT2D eigenvalue weighted by Gasteiger charge is 2.48. The second-order valence-corrected chi connectivity index (χ2v) is 16.7. The lowest BCUT2D eigenvalue weighted by Gasteiger charge is -2.25. The number of hydrogen-bond donors (Lipinski definition) is 0. The topological polar surface area (TPSA) is 7.76 Å². The molecule has 0 saturated heterocycles. The second-order valence-electron chi connectivity index (χ2n) is 16.7. The molecular formula is C46H44N2+2. The third-order valence-electron chi connectivity index (χ3n) is 11.3. The zero-order valence-electron chi connectivity index (χ0n) is 29.5. The van der Waals surface area contributed by atoms with Crippen LogP contribution in [0.25, 0.3) is 55.8 Å². The van der Waals surface area contributed by atoms with Crippen molar-refractivity contribution in [2.75, 3.05) is 0 Å². The van der Waals surface area contributed by atoms with Gasteiger partial charge in [-0.05, 0) is 78.7 Å². The molecule has 0 N–H and O–H groups in total. The van der Waals surface area contributed by atoms with Gasteiger partial charge in [0.05, 0.1) is 23.1 Å². The van der Waals surface area contributed by atoms with Crippen molar-refractivity contribution >= 4 is 22.2 Å². The number of fused-ring (bicyclic) bond motifs is 12. The highest BCUT2D eigenvalue weighted by molar-refractivity contribution is 6.02. The molecule has 1 aliphatic carbocycles. The van der Waals surface area contributed by atoms with Crippen molar-refractivity contribution in [3.05, 3.63) is 143 Å². The first kappa shape index (κ1) is 29.3. The summed E-state index contributed by atoms with van der Waals surface area (Å²) in [6, 6.07) is 37.1. The van der Waals surface area contributed by atoms with Crippen molar-refractivity contribution in [3.8, 4) is 33.6 Å². The van der Waals surface area contributed by atoms with Crippen molar-refractivity contribution in [2.24, 2.45) is 0 Å². The number of hydrogen-bond acceptors (Lipinski definition) is 0. The maximum absolute atomic E-state index is 2.50. The van der Waals surface area contributed by atoms with E-state index in [1.165, 1.54) is 89.2 Å². The van der Waals surface area contributed by atoms with Crippen LogP contribution in [0.5, 0.6) is 0 Å². The average Bonchev–Trinajstić information content (AvgIpc) is 3.51. The molecule has 2 aromatic heterocycles. The quantitative estimate of drug-likeness (QED) is 0.148. The Balaban J connectivity index is 1.34. The van der Waals surface area contributed by atoms with Crippen molar-refractivity contribution in [1.82, 2.24) is 0 Å². The maximum Gasteiger partial charge on any atom is 0.287 e. The molecule has 4 heterocycles. The van der Waals surface area contributed by atoms with Crippen LogP contribution in [-0.2, 0) is 22.7 Å². The van der Waals surface area contributed by atoms with E-state index in [4.69, 9.17) is 0 Å². The Hall–Kier alpha value is -4.82. The first-order valence-electron chi connectivity index (χ1n) is 17.5. The smallest absolute Gasteiger partial charge is 0.158 e. The van der Waals surface area contributed by atoms with Crippen molar-refractivity contribution < 1.29 is 9.13 Å². The van der Waals surface area contributed by atoms with Crippen LogP contribution >= 0.6 is 0 Å². The summed E-state index contributed by atoms with van der Waals surface area (Å²) in [5.41, 5.74) is 19.0. The van der Waals surface area contributed by atoms with Crippen molar-refractivity contribution in [2.45, 2.75) is 78.1 Å². The lowest BCUT2D eigenvalue weighted by atomic mass is 9.77. The second kappa shape index (κ2) is 9.63. The van der Waals surface area contributed by atoms with Gasteiger partial charge in [-0.2, -0.15) is 9.13 Å². The van der Waals surface area contributed by atoms with Crippen LogP contribution in [0.4, 0.5) is 0 Å². The lowest BCUT2D eigenvalue weighted by Crippen LogP contribution is -2.44. The van der Waals surface area contributed by atoms with E-state index in [0.717, 1.165) is 6.42 Å². The Bertz CT molecular complexity index is 2410. The summed E-state index contributed by atoms with van der Waals surface area (Å²) in [6.45, 7) is 18.8. The third kappa shape index (κ3) is 3.98. The molecule has 0 saturated carbocycles. The molecule has 2 heteroatoms. The number of benzene rings is 4. The Morgan fingerprint density at radius 2 is 1.25 bits per heavy atom. The maximum atomic E-state index is 2.50. The van der Waals surface area contributed by atoms with E-state index in [1.807, 2.05) is 0 Å². The Kier molecular flexibility index (Phi) is 5.88. The van der Waals surface area contributed by atoms with Gasteiger partial charge in [0.2, 0.25) is 11.4 Å². The Labute approximate surface area is 285 Å². The Morgan fingerprint density at radius 3 is 2.04 bits per heavy atom. The average molecular weight is 625 g/mol. The molecule has 2 aliphatic heterocycles. The van der Waals surface area contributed by atoms with Crippen molar-refractivity contribution in [3.63, 3.8) is 0 Å². The third-order valence-corrected chi connectivity index (χ3v) is 11.3. The van der Waals surface area contributed by atoms with Gasteiger partial charge in [0.1, 0.15) is 0 Å². The normalized spacial score (nSPS) is 17.0. The highest BCUT2D eigenvalue weighted by Crippen LogP contribution is 2.56. The minimum atomic E-state index is -0.153. The fraction of sp³-hybridized carbons (Fsp3) is 0.261. The zero-order chi connectivity index (χ0) is 33.3. The van der Waals surface area contributed by atoms with E-state index < -0.39 is 0 Å². The number of allylic oxidation sites excluding steroid dienone is 1. The minimum Gasteiger partial charge on any atom is -0.158 e. The van der Waals surface area contributed by atoms with Crippen LogP contribution in [0.1, 0.15) is 88.8 Å². The van der Waals surface area contributed by atoms with E-state index in [2.05, 4.69) is 174 Å². The molecule has 3 aliphatic rings. The first-order chi connectivity index (χ1) is 22.8. The summed E-state index contributed by atoms with van der Waals surface area (Å²) >= 11 is 0. The Morgan fingerprint density at radius 1 is 0.562 bits per heavy atom. The summed E-state index contributed by atoms with van der Waals surface area (Å²) in [5.74, 6) is 0. The van der Waals surface area contributed by atoms with Crippen LogP contribution in [0.15, 0.2) is 109 Å². The van der Waals surface area contributed by atoms with Gasteiger partial charge in [0.25, 0.3) is 11.4 Å². The van der Waals surface area contributed by atoms with E-state index in [-0.39, 0.29) is 16.2 Å². The van der Waals surface area contributed by atoms with Crippen LogP contribution < -0.4 is 9.13 Å². The van der Waals surface area contributed by atoms with Crippen molar-refractivity contribution in [1.29, 1.82) is 0 Å². The number of rotatable bonds is 0. The molecule has 0 fully saturated rings. The molecule has 2 nitrogen and oxygen atoms in total. The lowest BCUT2D eigenvalue weighted by molar-refractivity contribution is -0.597. The van der Waals surface area contributed by atoms with Crippen LogP contribution in [0, 0.1) is 0 Å². The summed E-state index contributed by atoms with van der Waals surface area (Å²) in [4.78, 5) is 0. The summed E-state index contributed by atoms with van der Waals surface area (Å²) in [6.07, 6.45) is 5.48. The van der Waals surface area contributed by atoms with Gasteiger partial charge in [-0.3, -0.25) is 0 Å². The first-order valence-corrected chi connectivity index (χ1v) is 17.5. The predicted octanol–water partition coefficient (Wildman–Crippen LogP) is 10.4. The molecule has 4 aromatic carbocycles. The standard InChI is InChI=1S/C46H44N2/c1-44(2,3)30-18-16-29-25-39(47-24-22-31(45(4,5)6)27-38(47)36(29)26-30)43-35-21-20-34-33-19-17-28-13-9-10-14-32(28)41(33)46(7,8)42(34)40(35)37-15-11-12-23-48(37)43/h9-24,26-27H,25H2,1-8H3/q+2/b43-39+. The van der Waals surface area contributed by atoms with E-state index in [1.54, 1.807) is 0 Å². The number of pyridine rings is 2. The highest BCUT2D eigenvalue weighted by atomic mass is 15.1. The van der Waals surface area contributed by atoms with Crippen LogP contribution in [-0.4, -0.2) is 0 Å². The van der Waals surface area contributed by atoms with Crippen LogP contribution in [0.3, 0.4) is 0 Å². The molecular weight excluding hydrogens is 581 g/mol. The molecule has 0 atom stereocenters. The van der Waals surface area contributed by atoms with Gasteiger partial charge in [0, 0.05) is 29.7 Å². The molecule has 0 bridgehead atoms. The largest absolute Gasteiger partial charge is 0.287 e.